The van der Waals surface area contributed by atoms with Gasteiger partial charge in [-0.15, -0.1) is 0 Å². The van der Waals surface area contributed by atoms with E-state index in [1.54, 1.807) is 24.7 Å². The van der Waals surface area contributed by atoms with Gasteiger partial charge in [0.2, 0.25) is 0 Å². The molecule has 2 aromatic carbocycles. The number of Topliss-reactive ketones (excluding diaryl/α,β-unsaturated/α-hetero) is 1. The fourth-order valence-electron chi connectivity index (χ4n) is 3.05. The van der Waals surface area contributed by atoms with Crippen LogP contribution in [0.2, 0.25) is 0 Å². The van der Waals surface area contributed by atoms with E-state index in [9.17, 15) is 4.79 Å². The van der Waals surface area contributed by atoms with Gasteiger partial charge in [0.1, 0.15) is 5.75 Å². The maximum atomic E-state index is 12.6. The molecule has 0 radical (unpaired) electrons. The van der Waals surface area contributed by atoms with Crippen molar-refractivity contribution in [3.05, 3.63) is 78.5 Å². The standard InChI is InChI=1S/C22H19N3O2/c1-25-14-23-13-21(25)16-3-4-17-12-24-19(10-18(17)9-16)11-22(26)15-5-7-20(27-2)8-6-15/h3-10,12-14H,11H2,1-2H3/i2D3. The first-order valence-electron chi connectivity index (χ1n) is 9.96. The van der Waals surface area contributed by atoms with E-state index in [4.69, 9.17) is 8.85 Å². The van der Waals surface area contributed by atoms with Gasteiger partial charge in [0.05, 0.1) is 35.8 Å². The molecule has 27 heavy (non-hydrogen) atoms. The van der Waals surface area contributed by atoms with Crippen LogP contribution in [0.25, 0.3) is 22.0 Å². The Morgan fingerprint density at radius 1 is 1.11 bits per heavy atom. The van der Waals surface area contributed by atoms with E-state index in [2.05, 4.69) is 16.0 Å². The van der Waals surface area contributed by atoms with Gasteiger partial charge in [0.15, 0.2) is 5.78 Å². The van der Waals surface area contributed by atoms with Crippen molar-refractivity contribution in [3.63, 3.8) is 0 Å². The Labute approximate surface area is 161 Å². The molecular weight excluding hydrogens is 338 g/mol. The molecule has 0 aliphatic rings. The van der Waals surface area contributed by atoms with Crippen LogP contribution in [0.3, 0.4) is 0 Å². The van der Waals surface area contributed by atoms with E-state index >= 15 is 0 Å². The lowest BCUT2D eigenvalue weighted by atomic mass is 10.0. The normalized spacial score (nSPS) is 13.0. The molecule has 0 amide bonds. The zero-order chi connectivity index (χ0) is 21.3. The number of rotatable bonds is 5. The monoisotopic (exact) mass is 360 g/mol. The minimum atomic E-state index is -2.52. The first-order valence-corrected chi connectivity index (χ1v) is 8.46. The van der Waals surface area contributed by atoms with Gasteiger partial charge in [-0.1, -0.05) is 12.1 Å². The third kappa shape index (κ3) is 3.44. The number of carbonyl (C=O) groups excluding carboxylic acids is 1. The van der Waals surface area contributed by atoms with Crippen LogP contribution in [0.1, 0.15) is 20.2 Å². The minimum Gasteiger partial charge on any atom is -0.497 e. The highest BCUT2D eigenvalue weighted by Gasteiger charge is 2.10. The third-order valence-electron chi connectivity index (χ3n) is 4.53. The van der Waals surface area contributed by atoms with Crippen LogP contribution in [-0.4, -0.2) is 27.4 Å². The summed E-state index contributed by atoms with van der Waals surface area (Å²) in [5, 5.41) is 1.98. The smallest absolute Gasteiger partial charge is 0.168 e. The van der Waals surface area contributed by atoms with Gasteiger partial charge >= 0.3 is 0 Å². The van der Waals surface area contributed by atoms with Crippen LogP contribution in [0.4, 0.5) is 0 Å². The van der Waals surface area contributed by atoms with Gasteiger partial charge in [0, 0.05) is 35.5 Å². The van der Waals surface area contributed by atoms with Crippen molar-refractivity contribution in [2.45, 2.75) is 6.42 Å². The predicted molar refractivity (Wildman–Crippen MR) is 105 cm³/mol. The fraction of sp³-hybridized carbons (Fsp3) is 0.136. The number of hydrogen-bond donors (Lipinski definition) is 0. The van der Waals surface area contributed by atoms with Crippen molar-refractivity contribution in [2.75, 3.05) is 7.04 Å². The SMILES string of the molecule is [2H]C([2H])([2H])Oc1ccc(C(=O)Cc2cc3cc(-c4cncn4C)ccc3cn2)cc1. The Hall–Kier alpha value is -3.47. The summed E-state index contributed by atoms with van der Waals surface area (Å²) in [5.41, 5.74) is 3.18. The lowest BCUT2D eigenvalue weighted by molar-refractivity contribution is 0.0992. The summed E-state index contributed by atoms with van der Waals surface area (Å²) >= 11 is 0. The lowest BCUT2D eigenvalue weighted by Crippen LogP contribution is -2.05. The Kier molecular flexibility index (Phi) is 3.57. The summed E-state index contributed by atoms with van der Waals surface area (Å²) in [6, 6.07) is 14.1. The molecule has 0 saturated heterocycles. The van der Waals surface area contributed by atoms with Crippen LogP contribution in [0.15, 0.2) is 67.3 Å². The number of fused-ring (bicyclic) bond motifs is 1. The van der Waals surface area contributed by atoms with Gasteiger partial charge in [-0.25, -0.2) is 4.98 Å². The number of aromatic nitrogens is 3. The summed E-state index contributed by atoms with van der Waals surface area (Å²) < 4.78 is 28.2. The van der Waals surface area contributed by atoms with Crippen molar-refractivity contribution in [3.8, 4) is 17.0 Å². The van der Waals surface area contributed by atoms with Crippen molar-refractivity contribution in [2.24, 2.45) is 7.05 Å². The fourth-order valence-corrected chi connectivity index (χ4v) is 3.05. The molecule has 0 aliphatic carbocycles. The second kappa shape index (κ2) is 7.03. The molecule has 4 rings (SSSR count). The van der Waals surface area contributed by atoms with Gasteiger partial charge in [-0.3, -0.25) is 9.78 Å². The number of carbonyl (C=O) groups is 1. The van der Waals surface area contributed by atoms with E-state index in [-0.39, 0.29) is 18.0 Å². The highest BCUT2D eigenvalue weighted by molar-refractivity contribution is 5.98. The largest absolute Gasteiger partial charge is 0.497 e. The number of methoxy groups -OCH3 is 1. The molecule has 4 aromatic rings. The third-order valence-corrected chi connectivity index (χ3v) is 4.53. The van der Waals surface area contributed by atoms with Gasteiger partial charge in [-0.05, 0) is 41.8 Å². The van der Waals surface area contributed by atoms with E-state index in [0.717, 1.165) is 22.0 Å². The number of hydrogen-bond acceptors (Lipinski definition) is 4. The molecule has 2 aromatic heterocycles. The van der Waals surface area contributed by atoms with Gasteiger partial charge in [-0.2, -0.15) is 0 Å². The van der Waals surface area contributed by atoms with Crippen LogP contribution < -0.4 is 4.74 Å². The topological polar surface area (TPSA) is 57.0 Å². The molecule has 5 heteroatoms. The van der Waals surface area contributed by atoms with Crippen LogP contribution in [0, 0.1) is 0 Å². The number of ether oxygens (including phenoxy) is 1. The number of ketones is 1. The molecule has 0 fully saturated rings. The second-order valence-electron chi connectivity index (χ2n) is 6.35. The molecule has 0 bridgehead atoms. The molecule has 134 valence electrons. The predicted octanol–water partition coefficient (Wildman–Crippen LogP) is 4.07. The second-order valence-corrected chi connectivity index (χ2v) is 6.35. The molecule has 0 saturated carbocycles. The van der Waals surface area contributed by atoms with Crippen molar-refractivity contribution < 1.29 is 13.6 Å². The molecule has 0 N–H and O–H groups in total. The molecule has 5 nitrogen and oxygen atoms in total. The number of pyridine rings is 1. The number of imidazole rings is 1. The minimum absolute atomic E-state index is 0.106. The van der Waals surface area contributed by atoms with Crippen LogP contribution >= 0.6 is 0 Å². The van der Waals surface area contributed by atoms with Crippen molar-refractivity contribution in [1.29, 1.82) is 0 Å². The molecule has 0 atom stereocenters. The molecule has 0 spiro atoms. The average molecular weight is 360 g/mol. The van der Waals surface area contributed by atoms with Gasteiger partial charge in [0.25, 0.3) is 0 Å². The summed E-state index contributed by atoms with van der Waals surface area (Å²) in [6.45, 7) is 0. The molecule has 0 unspecified atom stereocenters. The zero-order valence-corrected chi connectivity index (χ0v) is 14.7. The number of aryl methyl sites for hydroxylation is 1. The lowest BCUT2D eigenvalue weighted by Gasteiger charge is -2.07. The summed E-state index contributed by atoms with van der Waals surface area (Å²) in [4.78, 5) is 21.2. The van der Waals surface area contributed by atoms with Crippen LogP contribution in [0.5, 0.6) is 5.75 Å². The number of benzene rings is 2. The summed E-state index contributed by atoms with van der Waals surface area (Å²) in [6.07, 6.45) is 5.47. The zero-order valence-electron chi connectivity index (χ0n) is 17.7. The van der Waals surface area contributed by atoms with E-state index in [1.807, 2.05) is 36.0 Å². The van der Waals surface area contributed by atoms with Crippen molar-refractivity contribution in [1.82, 2.24) is 14.5 Å². The highest BCUT2D eigenvalue weighted by atomic mass is 16.5. The maximum absolute atomic E-state index is 12.6. The van der Waals surface area contributed by atoms with E-state index in [0.29, 0.717) is 11.3 Å². The Morgan fingerprint density at radius 2 is 1.96 bits per heavy atom. The Morgan fingerprint density at radius 3 is 2.70 bits per heavy atom. The number of nitrogens with zero attached hydrogens (tertiary/aromatic N) is 3. The van der Waals surface area contributed by atoms with E-state index in [1.165, 1.54) is 12.1 Å². The quantitative estimate of drug-likeness (QED) is 0.504. The first kappa shape index (κ1) is 13.7. The van der Waals surface area contributed by atoms with Crippen LogP contribution in [-0.2, 0) is 13.5 Å². The highest BCUT2D eigenvalue weighted by Crippen LogP contribution is 2.24. The molecule has 0 aliphatic heterocycles. The van der Waals surface area contributed by atoms with E-state index < -0.39 is 7.04 Å². The summed E-state index contributed by atoms with van der Waals surface area (Å²) in [5.74, 6) is 0.0862. The first-order chi connectivity index (χ1) is 14.3. The van der Waals surface area contributed by atoms with Crippen molar-refractivity contribution >= 4 is 16.6 Å². The molecule has 2 heterocycles. The summed E-state index contributed by atoms with van der Waals surface area (Å²) in [7, 11) is -0.577. The average Bonchev–Trinajstić information content (AvgIpc) is 3.12. The van der Waals surface area contributed by atoms with Gasteiger partial charge < -0.3 is 9.30 Å². The molecular formula is C22H19N3O2. The maximum Gasteiger partial charge on any atom is 0.168 e. The Bertz CT molecular complexity index is 1210. The Balaban J connectivity index is 1.54.